The predicted octanol–water partition coefficient (Wildman–Crippen LogP) is 5.05. The molecule has 0 N–H and O–H groups in total. The number of ether oxygens (including phenoxy) is 1. The molecular formula is C22H25NO. The van der Waals surface area contributed by atoms with Gasteiger partial charge in [-0.05, 0) is 35.9 Å². The number of hydrogen-bond donors (Lipinski definition) is 0. The lowest BCUT2D eigenvalue weighted by Gasteiger charge is -2.31. The molecule has 0 radical (unpaired) electrons. The first-order chi connectivity index (χ1) is 11.7. The van der Waals surface area contributed by atoms with E-state index in [1.54, 1.807) is 7.11 Å². The third-order valence-electron chi connectivity index (χ3n) is 4.82. The van der Waals surface area contributed by atoms with Crippen molar-refractivity contribution in [2.24, 2.45) is 0 Å². The van der Waals surface area contributed by atoms with Gasteiger partial charge in [-0.3, -0.25) is 4.90 Å². The third-order valence-corrected chi connectivity index (χ3v) is 4.82. The van der Waals surface area contributed by atoms with Crippen molar-refractivity contribution in [3.05, 3.63) is 83.9 Å². The molecule has 0 heterocycles. The number of benzene rings is 3. The Labute approximate surface area is 144 Å². The number of likely N-dealkylation sites (N-methyl/N-ethyl adjacent to an activating group) is 1. The van der Waals surface area contributed by atoms with Gasteiger partial charge < -0.3 is 4.74 Å². The summed E-state index contributed by atoms with van der Waals surface area (Å²) < 4.78 is 5.80. The van der Waals surface area contributed by atoms with Crippen LogP contribution in [0.5, 0.6) is 0 Å². The van der Waals surface area contributed by atoms with E-state index in [9.17, 15) is 0 Å². The van der Waals surface area contributed by atoms with E-state index in [4.69, 9.17) is 4.74 Å². The summed E-state index contributed by atoms with van der Waals surface area (Å²) >= 11 is 0. The van der Waals surface area contributed by atoms with E-state index in [1.807, 2.05) is 6.07 Å². The van der Waals surface area contributed by atoms with Crippen molar-refractivity contribution in [1.29, 1.82) is 0 Å². The second kappa shape index (κ2) is 7.61. The van der Waals surface area contributed by atoms with E-state index in [0.717, 1.165) is 6.54 Å². The monoisotopic (exact) mass is 319 g/mol. The molecule has 3 aromatic rings. The first kappa shape index (κ1) is 16.7. The standard InChI is InChI=1S/C22H25NO/c1-17(22(24-3)19-11-5-4-6-12-19)23(2)16-20-14-9-13-18-10-7-8-15-21(18)20/h4-15,17,22H,16H2,1-3H3/t17-,22+/m0/s1. The van der Waals surface area contributed by atoms with Crippen LogP contribution in [-0.2, 0) is 11.3 Å². The quantitative estimate of drug-likeness (QED) is 0.630. The van der Waals surface area contributed by atoms with Crippen LogP contribution in [0.15, 0.2) is 72.8 Å². The third kappa shape index (κ3) is 3.50. The first-order valence-electron chi connectivity index (χ1n) is 8.45. The highest BCUT2D eigenvalue weighted by Crippen LogP contribution is 2.26. The Bertz CT molecular complexity index is 779. The van der Waals surface area contributed by atoms with Crippen LogP contribution < -0.4 is 0 Å². The first-order valence-corrected chi connectivity index (χ1v) is 8.45. The van der Waals surface area contributed by atoms with Crippen molar-refractivity contribution in [3.8, 4) is 0 Å². The van der Waals surface area contributed by atoms with Crippen LogP contribution in [0.1, 0.15) is 24.2 Å². The molecule has 2 nitrogen and oxygen atoms in total. The molecule has 2 heteroatoms. The van der Waals surface area contributed by atoms with Crippen LogP contribution in [0, 0.1) is 0 Å². The van der Waals surface area contributed by atoms with Crippen LogP contribution in [0.2, 0.25) is 0 Å². The van der Waals surface area contributed by atoms with Gasteiger partial charge in [0.1, 0.15) is 0 Å². The number of rotatable bonds is 6. The van der Waals surface area contributed by atoms with Crippen molar-refractivity contribution < 1.29 is 4.74 Å². The Hall–Kier alpha value is -2.16. The summed E-state index contributed by atoms with van der Waals surface area (Å²) in [6.07, 6.45) is 0.0613. The van der Waals surface area contributed by atoms with Gasteiger partial charge in [0, 0.05) is 19.7 Å². The largest absolute Gasteiger partial charge is 0.375 e. The smallest absolute Gasteiger partial charge is 0.0973 e. The minimum atomic E-state index is 0.0613. The van der Waals surface area contributed by atoms with Gasteiger partial charge in [-0.25, -0.2) is 0 Å². The molecule has 24 heavy (non-hydrogen) atoms. The van der Waals surface area contributed by atoms with Crippen LogP contribution >= 0.6 is 0 Å². The van der Waals surface area contributed by atoms with E-state index in [-0.39, 0.29) is 12.1 Å². The van der Waals surface area contributed by atoms with E-state index >= 15 is 0 Å². The summed E-state index contributed by atoms with van der Waals surface area (Å²) in [6, 6.07) is 25.8. The van der Waals surface area contributed by atoms with Gasteiger partial charge in [0.05, 0.1) is 6.10 Å². The molecule has 0 fully saturated rings. The van der Waals surface area contributed by atoms with E-state index in [0.29, 0.717) is 0 Å². The summed E-state index contributed by atoms with van der Waals surface area (Å²) in [5, 5.41) is 2.62. The number of nitrogens with zero attached hydrogens (tertiary/aromatic N) is 1. The lowest BCUT2D eigenvalue weighted by molar-refractivity contribution is 0.0274. The molecule has 3 rings (SSSR count). The summed E-state index contributed by atoms with van der Waals surface area (Å²) in [6.45, 7) is 3.13. The predicted molar refractivity (Wildman–Crippen MR) is 101 cm³/mol. The fourth-order valence-corrected chi connectivity index (χ4v) is 3.33. The summed E-state index contributed by atoms with van der Waals surface area (Å²) in [5.41, 5.74) is 2.57. The maximum atomic E-state index is 5.80. The fraction of sp³-hybridized carbons (Fsp3) is 0.273. The van der Waals surface area contributed by atoms with Crippen LogP contribution in [-0.4, -0.2) is 25.1 Å². The van der Waals surface area contributed by atoms with Crippen molar-refractivity contribution in [3.63, 3.8) is 0 Å². The molecule has 0 amide bonds. The Kier molecular flexibility index (Phi) is 5.29. The van der Waals surface area contributed by atoms with Crippen LogP contribution in [0.4, 0.5) is 0 Å². The molecule has 0 aromatic heterocycles. The van der Waals surface area contributed by atoms with Crippen molar-refractivity contribution in [2.75, 3.05) is 14.2 Å². The SMILES string of the molecule is CO[C@@H](c1ccccc1)[C@H](C)N(C)Cc1cccc2ccccc12. The Morgan fingerprint density at radius 3 is 2.29 bits per heavy atom. The average molecular weight is 319 g/mol. The fourth-order valence-electron chi connectivity index (χ4n) is 3.33. The van der Waals surface area contributed by atoms with Gasteiger partial charge in [0.2, 0.25) is 0 Å². The Balaban J connectivity index is 1.81. The normalized spacial score (nSPS) is 14.0. The zero-order valence-electron chi connectivity index (χ0n) is 14.6. The second-order valence-corrected chi connectivity index (χ2v) is 6.36. The highest BCUT2D eigenvalue weighted by atomic mass is 16.5. The molecule has 0 saturated carbocycles. The van der Waals surface area contributed by atoms with Gasteiger partial charge in [0.25, 0.3) is 0 Å². The summed E-state index contributed by atoms with van der Waals surface area (Å²) in [7, 11) is 3.96. The van der Waals surface area contributed by atoms with Crippen LogP contribution in [0.3, 0.4) is 0 Å². The minimum absolute atomic E-state index is 0.0613. The van der Waals surface area contributed by atoms with E-state index in [2.05, 4.69) is 85.6 Å². The molecule has 0 aliphatic carbocycles. The van der Waals surface area contributed by atoms with Crippen LogP contribution in [0.25, 0.3) is 10.8 Å². The Morgan fingerprint density at radius 1 is 0.875 bits per heavy atom. The molecule has 124 valence electrons. The molecular weight excluding hydrogens is 294 g/mol. The zero-order valence-corrected chi connectivity index (χ0v) is 14.6. The van der Waals surface area contributed by atoms with E-state index in [1.165, 1.54) is 21.9 Å². The van der Waals surface area contributed by atoms with Gasteiger partial charge in [-0.15, -0.1) is 0 Å². The molecule has 0 spiro atoms. The Morgan fingerprint density at radius 2 is 1.54 bits per heavy atom. The number of methoxy groups -OCH3 is 1. The average Bonchev–Trinajstić information content (AvgIpc) is 2.63. The molecule has 2 atom stereocenters. The molecule has 0 unspecified atom stereocenters. The minimum Gasteiger partial charge on any atom is -0.375 e. The summed E-state index contributed by atoms with van der Waals surface area (Å²) in [5.74, 6) is 0. The lowest BCUT2D eigenvalue weighted by Crippen LogP contribution is -2.34. The van der Waals surface area contributed by atoms with Crippen molar-refractivity contribution >= 4 is 10.8 Å². The topological polar surface area (TPSA) is 12.5 Å². The molecule has 0 aliphatic heterocycles. The molecule has 0 saturated heterocycles. The van der Waals surface area contributed by atoms with Crippen molar-refractivity contribution in [2.45, 2.75) is 25.6 Å². The van der Waals surface area contributed by atoms with Gasteiger partial charge in [-0.1, -0.05) is 72.8 Å². The highest BCUT2D eigenvalue weighted by molar-refractivity contribution is 5.85. The second-order valence-electron chi connectivity index (χ2n) is 6.36. The number of fused-ring (bicyclic) bond motifs is 1. The summed E-state index contributed by atoms with van der Waals surface area (Å²) in [4.78, 5) is 2.36. The lowest BCUT2D eigenvalue weighted by atomic mass is 10.0. The van der Waals surface area contributed by atoms with Gasteiger partial charge in [0.15, 0.2) is 0 Å². The highest BCUT2D eigenvalue weighted by Gasteiger charge is 2.22. The van der Waals surface area contributed by atoms with Crippen molar-refractivity contribution in [1.82, 2.24) is 4.90 Å². The maximum Gasteiger partial charge on any atom is 0.0973 e. The van der Waals surface area contributed by atoms with Gasteiger partial charge >= 0.3 is 0 Å². The zero-order chi connectivity index (χ0) is 16.9. The molecule has 0 aliphatic rings. The molecule has 3 aromatic carbocycles. The number of hydrogen-bond acceptors (Lipinski definition) is 2. The molecule has 0 bridgehead atoms. The van der Waals surface area contributed by atoms with Gasteiger partial charge in [-0.2, -0.15) is 0 Å². The maximum absolute atomic E-state index is 5.80. The van der Waals surface area contributed by atoms with E-state index < -0.39 is 0 Å².